The quantitative estimate of drug-likeness (QED) is 0.763. The lowest BCUT2D eigenvalue weighted by Crippen LogP contribution is -2.68. The predicted octanol–water partition coefficient (Wildman–Crippen LogP) is -0.207. The van der Waals surface area contributed by atoms with E-state index in [-0.39, 0.29) is 13.1 Å². The van der Waals surface area contributed by atoms with E-state index in [1.165, 1.54) is 18.7 Å². The van der Waals surface area contributed by atoms with E-state index >= 15 is 0 Å². The van der Waals surface area contributed by atoms with E-state index in [4.69, 9.17) is 0 Å². The number of sulfone groups is 1. The van der Waals surface area contributed by atoms with E-state index in [1.807, 2.05) is 0 Å². The van der Waals surface area contributed by atoms with Gasteiger partial charge in [0.2, 0.25) is 5.91 Å². The third-order valence-electron chi connectivity index (χ3n) is 4.00. The van der Waals surface area contributed by atoms with E-state index in [1.54, 1.807) is 0 Å². The standard InChI is InChI=1S/C11H19NO4S/c1-10(2,17(3,15)16)9(13)12-6-11(14,7-12)8-4-5-8/h8,14H,4-7H2,1-3H3. The van der Waals surface area contributed by atoms with E-state index in [0.717, 1.165) is 19.1 Å². The Labute approximate surface area is 102 Å². The maximum atomic E-state index is 12.1. The first kappa shape index (κ1) is 12.8. The van der Waals surface area contributed by atoms with E-state index in [9.17, 15) is 18.3 Å². The molecule has 1 aliphatic carbocycles. The number of likely N-dealkylation sites (tertiary alicyclic amines) is 1. The highest BCUT2D eigenvalue weighted by molar-refractivity contribution is 7.92. The number of carbonyl (C=O) groups excluding carboxylic acids is 1. The minimum atomic E-state index is -3.44. The Morgan fingerprint density at radius 2 is 1.82 bits per heavy atom. The van der Waals surface area contributed by atoms with Crippen LogP contribution in [0.3, 0.4) is 0 Å². The molecule has 6 heteroatoms. The summed E-state index contributed by atoms with van der Waals surface area (Å²) in [6.07, 6.45) is 3.08. The lowest BCUT2D eigenvalue weighted by molar-refractivity contribution is -0.161. The second-order valence-electron chi connectivity index (χ2n) is 5.82. The molecule has 1 saturated heterocycles. The van der Waals surface area contributed by atoms with Crippen LogP contribution in [0.4, 0.5) is 0 Å². The summed E-state index contributed by atoms with van der Waals surface area (Å²) in [4.78, 5) is 13.5. The molecule has 0 bridgehead atoms. The highest BCUT2D eigenvalue weighted by Gasteiger charge is 2.56. The highest BCUT2D eigenvalue weighted by Crippen LogP contribution is 2.45. The summed E-state index contributed by atoms with van der Waals surface area (Å²) in [5, 5.41) is 10.1. The molecule has 5 nitrogen and oxygen atoms in total. The molecule has 2 aliphatic rings. The number of hydrogen-bond acceptors (Lipinski definition) is 4. The smallest absolute Gasteiger partial charge is 0.243 e. The Morgan fingerprint density at radius 1 is 1.35 bits per heavy atom. The number of rotatable bonds is 3. The molecule has 98 valence electrons. The van der Waals surface area contributed by atoms with Crippen LogP contribution in [0.5, 0.6) is 0 Å². The second-order valence-corrected chi connectivity index (χ2v) is 8.39. The fraction of sp³-hybridized carbons (Fsp3) is 0.909. The Balaban J connectivity index is 2.04. The van der Waals surface area contributed by atoms with Gasteiger partial charge in [-0.3, -0.25) is 4.79 Å². The number of carbonyl (C=O) groups is 1. The Hall–Kier alpha value is -0.620. The van der Waals surface area contributed by atoms with E-state index < -0.39 is 26.1 Å². The molecule has 2 fully saturated rings. The van der Waals surface area contributed by atoms with Crippen molar-refractivity contribution in [2.75, 3.05) is 19.3 Å². The lowest BCUT2D eigenvalue weighted by Gasteiger charge is -2.48. The summed E-state index contributed by atoms with van der Waals surface area (Å²) in [7, 11) is -3.44. The molecule has 1 aliphatic heterocycles. The fourth-order valence-electron chi connectivity index (χ4n) is 2.18. The number of aliphatic hydroxyl groups is 1. The van der Waals surface area contributed by atoms with Gasteiger partial charge >= 0.3 is 0 Å². The van der Waals surface area contributed by atoms with Crippen LogP contribution in [-0.4, -0.2) is 54.0 Å². The van der Waals surface area contributed by atoms with Gasteiger partial charge in [-0.15, -0.1) is 0 Å². The van der Waals surface area contributed by atoms with E-state index in [0.29, 0.717) is 5.92 Å². The average molecular weight is 261 g/mol. The van der Waals surface area contributed by atoms with Crippen LogP contribution in [0.15, 0.2) is 0 Å². The van der Waals surface area contributed by atoms with Gasteiger partial charge in [-0.2, -0.15) is 0 Å². The number of hydrogen-bond donors (Lipinski definition) is 1. The first-order valence-corrected chi connectivity index (χ1v) is 7.68. The van der Waals surface area contributed by atoms with Crippen molar-refractivity contribution in [3.05, 3.63) is 0 Å². The minimum Gasteiger partial charge on any atom is -0.386 e. The molecule has 1 heterocycles. The van der Waals surface area contributed by atoms with Gasteiger partial charge in [-0.1, -0.05) is 0 Å². The molecule has 0 spiro atoms. The zero-order chi connectivity index (χ0) is 13.1. The maximum absolute atomic E-state index is 12.1. The first-order chi connectivity index (χ1) is 7.58. The summed E-state index contributed by atoms with van der Waals surface area (Å²) in [6, 6.07) is 0. The van der Waals surface area contributed by atoms with Crippen LogP contribution in [0.2, 0.25) is 0 Å². The fourth-order valence-corrected chi connectivity index (χ4v) is 2.62. The molecule has 17 heavy (non-hydrogen) atoms. The van der Waals surface area contributed by atoms with Crippen molar-refractivity contribution in [1.29, 1.82) is 0 Å². The van der Waals surface area contributed by atoms with Gasteiger partial charge in [0.1, 0.15) is 10.3 Å². The molecule has 0 aromatic rings. The van der Waals surface area contributed by atoms with Gasteiger partial charge in [0.05, 0.1) is 13.1 Å². The highest BCUT2D eigenvalue weighted by atomic mass is 32.2. The normalized spacial score (nSPS) is 24.4. The molecule has 0 aromatic heterocycles. The summed E-state index contributed by atoms with van der Waals surface area (Å²) in [5.74, 6) is -0.113. The van der Waals surface area contributed by atoms with Crippen molar-refractivity contribution >= 4 is 15.7 Å². The number of β-amino-alcohol motifs (C(OH)–C–C–N with tert-alkyl or cyclic N) is 1. The summed E-state index contributed by atoms with van der Waals surface area (Å²) in [5.41, 5.74) is -0.761. The summed E-state index contributed by atoms with van der Waals surface area (Å²) < 4.78 is 21.7. The van der Waals surface area contributed by atoms with Crippen molar-refractivity contribution in [3.63, 3.8) is 0 Å². The van der Waals surface area contributed by atoms with Gasteiger partial charge in [-0.05, 0) is 32.6 Å². The monoisotopic (exact) mass is 261 g/mol. The van der Waals surface area contributed by atoms with Gasteiger partial charge < -0.3 is 10.0 Å². The molecule has 2 rings (SSSR count). The predicted molar refractivity (Wildman–Crippen MR) is 63.2 cm³/mol. The van der Waals surface area contributed by atoms with E-state index in [2.05, 4.69) is 0 Å². The molecule has 1 saturated carbocycles. The maximum Gasteiger partial charge on any atom is 0.243 e. The van der Waals surface area contributed by atoms with Crippen LogP contribution < -0.4 is 0 Å². The first-order valence-electron chi connectivity index (χ1n) is 5.79. The van der Waals surface area contributed by atoms with Crippen LogP contribution >= 0.6 is 0 Å². The van der Waals surface area contributed by atoms with Crippen molar-refractivity contribution in [2.45, 2.75) is 37.0 Å². The van der Waals surface area contributed by atoms with Crippen LogP contribution in [0.25, 0.3) is 0 Å². The molecule has 1 amide bonds. The van der Waals surface area contributed by atoms with Gasteiger partial charge in [-0.25, -0.2) is 8.42 Å². The summed E-state index contributed by atoms with van der Waals surface area (Å²) in [6.45, 7) is 3.38. The van der Waals surface area contributed by atoms with Crippen molar-refractivity contribution in [2.24, 2.45) is 5.92 Å². The lowest BCUT2D eigenvalue weighted by atomic mass is 9.88. The molecular formula is C11H19NO4S. The largest absolute Gasteiger partial charge is 0.386 e. The van der Waals surface area contributed by atoms with Gasteiger partial charge in [0.25, 0.3) is 0 Å². The topological polar surface area (TPSA) is 74.7 Å². The van der Waals surface area contributed by atoms with Crippen LogP contribution in [0, 0.1) is 5.92 Å². The zero-order valence-electron chi connectivity index (χ0n) is 10.4. The average Bonchev–Trinajstić information content (AvgIpc) is 2.92. The Kier molecular flexibility index (Phi) is 2.60. The molecule has 0 atom stereocenters. The van der Waals surface area contributed by atoms with Crippen molar-refractivity contribution < 1.29 is 18.3 Å². The third-order valence-corrected chi connectivity index (χ3v) is 6.02. The van der Waals surface area contributed by atoms with Gasteiger partial charge in [0, 0.05) is 6.26 Å². The zero-order valence-corrected chi connectivity index (χ0v) is 11.2. The third kappa shape index (κ3) is 1.97. The molecule has 0 radical (unpaired) electrons. The Bertz CT molecular complexity index is 444. The number of nitrogens with zero attached hydrogens (tertiary/aromatic N) is 1. The van der Waals surface area contributed by atoms with Crippen LogP contribution in [-0.2, 0) is 14.6 Å². The van der Waals surface area contributed by atoms with Crippen molar-refractivity contribution in [3.8, 4) is 0 Å². The molecule has 0 aromatic carbocycles. The molecule has 0 unspecified atom stereocenters. The van der Waals surface area contributed by atoms with Gasteiger partial charge in [0.15, 0.2) is 9.84 Å². The Morgan fingerprint density at radius 3 is 2.18 bits per heavy atom. The summed E-state index contributed by atoms with van der Waals surface area (Å²) >= 11 is 0. The van der Waals surface area contributed by atoms with Crippen molar-refractivity contribution in [1.82, 2.24) is 4.90 Å². The molecular weight excluding hydrogens is 242 g/mol. The SMILES string of the molecule is CC(C)(C(=O)N1CC(O)(C2CC2)C1)S(C)(=O)=O. The molecule has 1 N–H and O–H groups in total. The van der Waals surface area contributed by atoms with Crippen LogP contribution in [0.1, 0.15) is 26.7 Å². The minimum absolute atomic E-state index is 0.273. The number of amides is 1. The second kappa shape index (κ2) is 3.45.